The fraction of sp³-hybridized carbons (Fsp3) is 0.500. The number of halogens is 2. The van der Waals surface area contributed by atoms with E-state index >= 15 is 0 Å². The highest BCUT2D eigenvalue weighted by molar-refractivity contribution is 5.92. The summed E-state index contributed by atoms with van der Waals surface area (Å²) in [6.45, 7) is 4.32. The number of aromatic nitrogens is 5. The third kappa shape index (κ3) is 3.61. The van der Waals surface area contributed by atoms with E-state index in [1.54, 1.807) is 6.33 Å². The molecule has 9 heteroatoms. The van der Waals surface area contributed by atoms with Crippen molar-refractivity contribution in [3.63, 3.8) is 0 Å². The maximum Gasteiger partial charge on any atom is 0.279 e. The van der Waals surface area contributed by atoms with Crippen molar-refractivity contribution < 1.29 is 13.6 Å². The molecule has 0 bridgehead atoms. The third-order valence-electron chi connectivity index (χ3n) is 2.90. The summed E-state index contributed by atoms with van der Waals surface area (Å²) in [4.78, 5) is 11.7. The quantitative estimate of drug-likeness (QED) is 0.845. The van der Waals surface area contributed by atoms with Gasteiger partial charge in [0.2, 0.25) is 0 Å². The molecule has 7 nitrogen and oxygen atoms in total. The van der Waals surface area contributed by atoms with Crippen molar-refractivity contribution in [1.82, 2.24) is 30.3 Å². The normalized spacial score (nSPS) is 11.3. The highest BCUT2D eigenvalue weighted by Crippen LogP contribution is 2.16. The molecule has 0 saturated heterocycles. The number of nitrogens with zero attached hydrogens (tertiary/aromatic N) is 4. The molecule has 0 aliphatic rings. The molecule has 0 spiro atoms. The van der Waals surface area contributed by atoms with Gasteiger partial charge in [0, 0.05) is 19.0 Å². The van der Waals surface area contributed by atoms with Crippen molar-refractivity contribution in [1.29, 1.82) is 0 Å². The fourth-order valence-electron chi connectivity index (χ4n) is 1.82. The van der Waals surface area contributed by atoms with Crippen LogP contribution in [0.15, 0.2) is 12.4 Å². The maximum atomic E-state index is 12.4. The standard InChI is InChI=1S/C12H16F2N6O/c1-7(2)20-6-16-19-10(20)3-4-15-12(21)9-5-8(11(13)14)17-18-9/h5-7,11H,3-4H2,1-2H3,(H,15,21)(H,17,18). The average molecular weight is 298 g/mol. The number of carbonyl (C=O) groups excluding carboxylic acids is 1. The van der Waals surface area contributed by atoms with Crippen LogP contribution in [0.25, 0.3) is 0 Å². The Kier molecular flexibility index (Phi) is 4.61. The van der Waals surface area contributed by atoms with Gasteiger partial charge in [-0.3, -0.25) is 9.89 Å². The third-order valence-corrected chi connectivity index (χ3v) is 2.90. The van der Waals surface area contributed by atoms with Crippen LogP contribution in [-0.2, 0) is 6.42 Å². The molecule has 0 radical (unpaired) electrons. The summed E-state index contributed by atoms with van der Waals surface area (Å²) in [6.07, 6.45) is -0.552. The SMILES string of the molecule is CC(C)n1cnnc1CCNC(=O)c1cc(C(F)F)[nH]n1. The molecule has 2 aromatic heterocycles. The van der Waals surface area contributed by atoms with Gasteiger partial charge in [0.05, 0.1) is 0 Å². The zero-order chi connectivity index (χ0) is 15.4. The molecule has 1 amide bonds. The molecule has 2 rings (SSSR count). The molecule has 0 fully saturated rings. The molecule has 0 aromatic carbocycles. The number of hydrogen-bond donors (Lipinski definition) is 2. The van der Waals surface area contributed by atoms with Gasteiger partial charge >= 0.3 is 0 Å². The second-order valence-corrected chi connectivity index (χ2v) is 4.76. The first kappa shape index (κ1) is 15.1. The number of carbonyl (C=O) groups is 1. The van der Waals surface area contributed by atoms with E-state index in [-0.39, 0.29) is 17.4 Å². The Morgan fingerprint density at radius 3 is 2.86 bits per heavy atom. The predicted molar refractivity (Wildman–Crippen MR) is 70.0 cm³/mol. The Morgan fingerprint density at radius 1 is 1.48 bits per heavy atom. The van der Waals surface area contributed by atoms with E-state index in [0.717, 1.165) is 11.9 Å². The molecular weight excluding hydrogens is 282 g/mol. The van der Waals surface area contributed by atoms with E-state index in [0.29, 0.717) is 13.0 Å². The largest absolute Gasteiger partial charge is 0.350 e. The van der Waals surface area contributed by atoms with Gasteiger partial charge in [0.15, 0.2) is 0 Å². The molecule has 2 N–H and O–H groups in total. The lowest BCUT2D eigenvalue weighted by molar-refractivity contribution is 0.0949. The number of alkyl halides is 2. The molecular formula is C12H16F2N6O. The lowest BCUT2D eigenvalue weighted by Gasteiger charge is -2.09. The molecule has 21 heavy (non-hydrogen) atoms. The molecule has 0 unspecified atom stereocenters. The number of aromatic amines is 1. The van der Waals surface area contributed by atoms with Crippen molar-refractivity contribution in [3.8, 4) is 0 Å². The molecule has 0 aliphatic carbocycles. The first-order valence-electron chi connectivity index (χ1n) is 6.49. The summed E-state index contributed by atoms with van der Waals surface area (Å²) in [5.41, 5.74) is -0.435. The van der Waals surface area contributed by atoms with Crippen molar-refractivity contribution in [2.45, 2.75) is 32.7 Å². The van der Waals surface area contributed by atoms with Crippen LogP contribution >= 0.6 is 0 Å². The molecule has 2 heterocycles. The van der Waals surface area contributed by atoms with Gasteiger partial charge in [-0.05, 0) is 19.9 Å². The summed E-state index contributed by atoms with van der Waals surface area (Å²) in [7, 11) is 0. The Labute approximate surface area is 119 Å². The van der Waals surface area contributed by atoms with Gasteiger partial charge in [-0.25, -0.2) is 8.78 Å². The lowest BCUT2D eigenvalue weighted by atomic mass is 10.3. The number of H-pyrrole nitrogens is 1. The zero-order valence-corrected chi connectivity index (χ0v) is 11.7. The van der Waals surface area contributed by atoms with E-state index in [2.05, 4.69) is 25.7 Å². The van der Waals surface area contributed by atoms with Gasteiger partial charge in [-0.2, -0.15) is 5.10 Å². The summed E-state index contributed by atoms with van der Waals surface area (Å²) in [5.74, 6) is 0.245. The zero-order valence-electron chi connectivity index (χ0n) is 11.7. The Bertz CT molecular complexity index is 606. The van der Waals surface area contributed by atoms with Gasteiger partial charge in [0.1, 0.15) is 23.5 Å². The Balaban J connectivity index is 1.88. The van der Waals surface area contributed by atoms with Crippen LogP contribution in [0.2, 0.25) is 0 Å². The average Bonchev–Trinajstić information content (AvgIpc) is 3.07. The minimum Gasteiger partial charge on any atom is -0.350 e. The van der Waals surface area contributed by atoms with Gasteiger partial charge in [-0.1, -0.05) is 0 Å². The highest BCUT2D eigenvalue weighted by Gasteiger charge is 2.15. The monoisotopic (exact) mass is 298 g/mol. The maximum absolute atomic E-state index is 12.4. The molecule has 114 valence electrons. The summed E-state index contributed by atoms with van der Waals surface area (Å²) >= 11 is 0. The van der Waals surface area contributed by atoms with Crippen molar-refractivity contribution in [3.05, 3.63) is 29.6 Å². The van der Waals surface area contributed by atoms with Crippen molar-refractivity contribution >= 4 is 5.91 Å². The number of nitrogens with one attached hydrogen (secondary N) is 2. The van der Waals surface area contributed by atoms with Crippen LogP contribution in [0.1, 0.15) is 48.3 Å². The van der Waals surface area contributed by atoms with E-state index in [4.69, 9.17) is 0 Å². The molecule has 0 aliphatic heterocycles. The van der Waals surface area contributed by atoms with E-state index in [9.17, 15) is 13.6 Å². The van der Waals surface area contributed by atoms with Gasteiger partial charge < -0.3 is 9.88 Å². The van der Waals surface area contributed by atoms with E-state index < -0.39 is 12.3 Å². The highest BCUT2D eigenvalue weighted by atomic mass is 19.3. The number of amides is 1. The van der Waals surface area contributed by atoms with E-state index in [1.165, 1.54) is 0 Å². The number of hydrogen-bond acceptors (Lipinski definition) is 4. The lowest BCUT2D eigenvalue weighted by Crippen LogP contribution is -2.27. The topological polar surface area (TPSA) is 88.5 Å². The molecule has 0 saturated carbocycles. The van der Waals surface area contributed by atoms with Crippen molar-refractivity contribution in [2.24, 2.45) is 0 Å². The van der Waals surface area contributed by atoms with Crippen LogP contribution in [0.3, 0.4) is 0 Å². The minimum atomic E-state index is -2.68. The van der Waals surface area contributed by atoms with Crippen LogP contribution < -0.4 is 5.32 Å². The second-order valence-electron chi connectivity index (χ2n) is 4.76. The fourth-order valence-corrected chi connectivity index (χ4v) is 1.82. The van der Waals surface area contributed by atoms with E-state index in [1.807, 2.05) is 18.4 Å². The minimum absolute atomic E-state index is 0.0596. The first-order chi connectivity index (χ1) is 9.99. The van der Waals surface area contributed by atoms with Crippen LogP contribution in [0.5, 0.6) is 0 Å². The number of rotatable bonds is 6. The summed E-state index contributed by atoms with van der Waals surface area (Å²) < 4.78 is 26.7. The summed E-state index contributed by atoms with van der Waals surface area (Å²) in [6, 6.07) is 1.27. The van der Waals surface area contributed by atoms with Crippen LogP contribution in [0, 0.1) is 0 Å². The Hall–Kier alpha value is -2.32. The van der Waals surface area contributed by atoms with Crippen LogP contribution in [0.4, 0.5) is 8.78 Å². The van der Waals surface area contributed by atoms with Gasteiger partial charge in [-0.15, -0.1) is 10.2 Å². The summed E-state index contributed by atoms with van der Waals surface area (Å²) in [5, 5.41) is 16.1. The van der Waals surface area contributed by atoms with Gasteiger partial charge in [0.25, 0.3) is 12.3 Å². The van der Waals surface area contributed by atoms with Crippen LogP contribution in [-0.4, -0.2) is 37.4 Å². The molecule has 0 atom stereocenters. The molecule has 2 aromatic rings. The first-order valence-corrected chi connectivity index (χ1v) is 6.49. The predicted octanol–water partition coefficient (Wildman–Crippen LogP) is 1.49. The van der Waals surface area contributed by atoms with Crippen molar-refractivity contribution in [2.75, 3.05) is 6.54 Å². The second kappa shape index (κ2) is 6.42. The Morgan fingerprint density at radius 2 is 2.24 bits per heavy atom. The smallest absolute Gasteiger partial charge is 0.279 e.